The van der Waals surface area contributed by atoms with Crippen molar-refractivity contribution in [1.29, 1.82) is 0 Å². The Hall–Kier alpha value is -1.63. The van der Waals surface area contributed by atoms with Gasteiger partial charge in [0.1, 0.15) is 0 Å². The Bertz CT molecular complexity index is 601. The molecule has 118 valence electrons. The van der Waals surface area contributed by atoms with E-state index in [1.165, 1.54) is 6.07 Å². The van der Waals surface area contributed by atoms with Crippen molar-refractivity contribution in [1.82, 2.24) is 10.6 Å². The van der Waals surface area contributed by atoms with Crippen molar-refractivity contribution in [3.63, 3.8) is 0 Å². The Morgan fingerprint density at radius 3 is 2.45 bits per heavy atom. The summed E-state index contributed by atoms with van der Waals surface area (Å²) in [6.07, 6.45) is 1.28. The van der Waals surface area contributed by atoms with Crippen molar-refractivity contribution in [3.8, 4) is 0 Å². The number of benzene rings is 1. The predicted octanol–water partition coefficient (Wildman–Crippen LogP) is 1.57. The summed E-state index contributed by atoms with van der Waals surface area (Å²) in [4.78, 5) is 35.5. The number of hydrogen-bond acceptors (Lipinski definition) is 4. The molecule has 0 radical (unpaired) electrons. The zero-order chi connectivity index (χ0) is 16.1. The molecule has 0 spiro atoms. The number of nitrogens with one attached hydrogen (secondary N) is 3. The fourth-order valence-corrected chi connectivity index (χ4v) is 2.48. The monoisotopic (exact) mass is 343 g/mol. The molecule has 0 atom stereocenters. The first-order valence-corrected chi connectivity index (χ1v) is 7.55. The van der Waals surface area contributed by atoms with Gasteiger partial charge in [0.05, 0.1) is 15.7 Å². The van der Waals surface area contributed by atoms with Gasteiger partial charge in [0.15, 0.2) is 0 Å². The maximum absolute atomic E-state index is 11.9. The lowest BCUT2D eigenvalue weighted by molar-refractivity contribution is -0.141. The molecule has 8 heteroatoms. The highest BCUT2D eigenvalue weighted by atomic mass is 35.5. The first kappa shape index (κ1) is 16.7. The molecule has 6 nitrogen and oxygen atoms in total. The number of halogens is 2. The highest BCUT2D eigenvalue weighted by Crippen LogP contribution is 2.29. The number of carbonyl (C=O) groups is 3. The van der Waals surface area contributed by atoms with E-state index in [4.69, 9.17) is 23.2 Å². The highest BCUT2D eigenvalue weighted by Gasteiger charge is 2.25. The molecule has 22 heavy (non-hydrogen) atoms. The molecule has 0 aliphatic carbocycles. The van der Waals surface area contributed by atoms with Crippen molar-refractivity contribution in [2.45, 2.75) is 12.8 Å². The SMILES string of the molecule is O=C(NC(=O)C1CCNCC1)C(=O)Nc1cccc(Cl)c1Cl. The lowest BCUT2D eigenvalue weighted by Gasteiger charge is -2.21. The Labute approximate surface area is 137 Å². The average molecular weight is 344 g/mol. The van der Waals surface area contributed by atoms with Crippen molar-refractivity contribution in [2.24, 2.45) is 5.92 Å². The van der Waals surface area contributed by atoms with Crippen LogP contribution in [0.25, 0.3) is 0 Å². The van der Waals surface area contributed by atoms with Crippen molar-refractivity contribution < 1.29 is 14.4 Å². The van der Waals surface area contributed by atoms with Gasteiger partial charge in [-0.25, -0.2) is 0 Å². The highest BCUT2D eigenvalue weighted by molar-refractivity contribution is 6.46. The second-order valence-corrected chi connectivity index (χ2v) is 5.68. The molecule has 1 aromatic rings. The van der Waals surface area contributed by atoms with Gasteiger partial charge in [-0.2, -0.15) is 0 Å². The fraction of sp³-hybridized carbons (Fsp3) is 0.357. The van der Waals surface area contributed by atoms with E-state index in [0.29, 0.717) is 12.8 Å². The predicted molar refractivity (Wildman–Crippen MR) is 83.8 cm³/mol. The summed E-state index contributed by atoms with van der Waals surface area (Å²) in [5.74, 6) is -2.67. The lowest BCUT2D eigenvalue weighted by Crippen LogP contribution is -2.44. The molecule has 1 aliphatic rings. The molecule has 1 fully saturated rings. The van der Waals surface area contributed by atoms with Crippen LogP contribution in [-0.4, -0.2) is 30.8 Å². The summed E-state index contributed by atoms with van der Waals surface area (Å²) in [7, 11) is 0. The molecule has 1 aromatic carbocycles. The van der Waals surface area contributed by atoms with Crippen LogP contribution in [0.5, 0.6) is 0 Å². The maximum Gasteiger partial charge on any atom is 0.316 e. The van der Waals surface area contributed by atoms with Crippen molar-refractivity contribution >= 4 is 46.6 Å². The van der Waals surface area contributed by atoms with E-state index in [2.05, 4.69) is 16.0 Å². The molecular formula is C14H15Cl2N3O3. The molecule has 3 amide bonds. The Balaban J connectivity index is 1.93. The van der Waals surface area contributed by atoms with Gasteiger partial charge in [-0.15, -0.1) is 0 Å². The smallest absolute Gasteiger partial charge is 0.316 e. The van der Waals surface area contributed by atoms with Crippen molar-refractivity contribution in [3.05, 3.63) is 28.2 Å². The summed E-state index contributed by atoms with van der Waals surface area (Å²) in [6.45, 7) is 1.44. The number of hydrogen-bond donors (Lipinski definition) is 3. The van der Waals surface area contributed by atoms with Gasteiger partial charge >= 0.3 is 11.8 Å². The number of rotatable bonds is 2. The standard InChI is InChI=1S/C14H15Cl2N3O3/c15-9-2-1-3-10(11(9)16)18-13(21)14(22)19-12(20)8-4-6-17-7-5-8/h1-3,8,17H,4-7H2,(H,18,21)(H,19,20,22). The zero-order valence-electron chi connectivity index (χ0n) is 11.6. The first-order valence-electron chi connectivity index (χ1n) is 6.80. The van der Waals surface area contributed by atoms with Gasteiger partial charge in [-0.1, -0.05) is 29.3 Å². The Morgan fingerprint density at radius 2 is 1.77 bits per heavy atom. The minimum atomic E-state index is -1.01. The Kier molecular flexibility index (Phi) is 5.76. The summed E-state index contributed by atoms with van der Waals surface area (Å²) >= 11 is 11.7. The van der Waals surface area contributed by atoms with Crippen LogP contribution in [-0.2, 0) is 14.4 Å². The van der Waals surface area contributed by atoms with Crippen LogP contribution in [0.3, 0.4) is 0 Å². The second-order valence-electron chi connectivity index (χ2n) is 4.90. The van der Waals surface area contributed by atoms with Crippen LogP contribution in [0.15, 0.2) is 18.2 Å². The number of amides is 3. The average Bonchev–Trinajstić information content (AvgIpc) is 2.52. The molecule has 0 saturated carbocycles. The number of anilines is 1. The summed E-state index contributed by atoms with van der Waals surface area (Å²) < 4.78 is 0. The van der Waals surface area contributed by atoms with Crippen molar-refractivity contribution in [2.75, 3.05) is 18.4 Å². The Morgan fingerprint density at radius 1 is 1.09 bits per heavy atom. The van der Waals surface area contributed by atoms with E-state index in [1.54, 1.807) is 12.1 Å². The van der Waals surface area contributed by atoms with E-state index >= 15 is 0 Å². The third kappa shape index (κ3) is 4.19. The molecular weight excluding hydrogens is 329 g/mol. The van der Waals surface area contributed by atoms with Crippen LogP contribution in [0.4, 0.5) is 5.69 Å². The molecule has 0 bridgehead atoms. The van der Waals surface area contributed by atoms with Gasteiger partial charge in [0, 0.05) is 5.92 Å². The molecule has 0 aromatic heterocycles. The maximum atomic E-state index is 11.9. The van der Waals surface area contributed by atoms with Crippen LogP contribution < -0.4 is 16.0 Å². The summed E-state index contributed by atoms with van der Waals surface area (Å²) in [5.41, 5.74) is 0.212. The topological polar surface area (TPSA) is 87.3 Å². The van der Waals surface area contributed by atoms with Crippen LogP contribution in [0, 0.1) is 5.92 Å². The molecule has 3 N–H and O–H groups in total. The summed E-state index contributed by atoms with van der Waals surface area (Å²) in [5, 5.41) is 7.95. The van der Waals surface area contributed by atoms with Gasteiger partial charge in [0.2, 0.25) is 5.91 Å². The van der Waals surface area contributed by atoms with E-state index in [1.807, 2.05) is 0 Å². The second kappa shape index (κ2) is 7.58. The lowest BCUT2D eigenvalue weighted by atomic mass is 9.97. The number of piperidine rings is 1. The number of imide groups is 1. The van der Waals surface area contributed by atoms with Gasteiger partial charge in [0.25, 0.3) is 0 Å². The van der Waals surface area contributed by atoms with E-state index in [-0.39, 0.29) is 21.7 Å². The van der Waals surface area contributed by atoms with Gasteiger partial charge in [-0.3, -0.25) is 19.7 Å². The molecule has 1 heterocycles. The van der Waals surface area contributed by atoms with Crippen LogP contribution in [0.1, 0.15) is 12.8 Å². The summed E-state index contributed by atoms with van der Waals surface area (Å²) in [6, 6.07) is 4.65. The van der Waals surface area contributed by atoms with E-state index < -0.39 is 17.7 Å². The van der Waals surface area contributed by atoms with Crippen LogP contribution in [0.2, 0.25) is 10.0 Å². The van der Waals surface area contributed by atoms with E-state index in [9.17, 15) is 14.4 Å². The zero-order valence-corrected chi connectivity index (χ0v) is 13.1. The molecule has 0 unspecified atom stereocenters. The van der Waals surface area contributed by atoms with Gasteiger partial charge < -0.3 is 10.6 Å². The fourth-order valence-electron chi connectivity index (χ4n) is 2.13. The quantitative estimate of drug-likeness (QED) is 0.711. The largest absolute Gasteiger partial charge is 0.317 e. The van der Waals surface area contributed by atoms with Crippen LogP contribution >= 0.6 is 23.2 Å². The third-order valence-corrected chi connectivity index (χ3v) is 4.17. The molecule has 1 aliphatic heterocycles. The van der Waals surface area contributed by atoms with Gasteiger partial charge in [-0.05, 0) is 38.1 Å². The normalized spacial score (nSPS) is 15.2. The number of carbonyl (C=O) groups excluding carboxylic acids is 3. The third-order valence-electron chi connectivity index (χ3n) is 3.35. The van der Waals surface area contributed by atoms with E-state index in [0.717, 1.165) is 13.1 Å². The minimum absolute atomic E-state index is 0.134. The molecule has 1 saturated heterocycles. The minimum Gasteiger partial charge on any atom is -0.317 e. The molecule has 2 rings (SSSR count). The first-order chi connectivity index (χ1) is 10.5.